The summed E-state index contributed by atoms with van der Waals surface area (Å²) in [6.45, 7) is 5.69. The van der Waals surface area contributed by atoms with Crippen molar-refractivity contribution in [3.63, 3.8) is 0 Å². The van der Waals surface area contributed by atoms with Crippen LogP contribution in [0.1, 0.15) is 20.8 Å². The maximum atomic E-state index is 11.2. The van der Waals surface area contributed by atoms with Gasteiger partial charge in [-0.3, -0.25) is 14.3 Å². The number of aromatic nitrogens is 2. The van der Waals surface area contributed by atoms with E-state index in [1.807, 2.05) is 20.8 Å². The van der Waals surface area contributed by atoms with E-state index in [0.29, 0.717) is 0 Å². The topological polar surface area (TPSA) is 54.9 Å². The standard InChI is InChI=1S/C8H12N2O2/c1-8(2,3)10-5-4-6(11)9-7(10)12/h4-5H,1-3H3,(H,9,11,12). The molecule has 1 N–H and O–H groups in total. The van der Waals surface area contributed by atoms with E-state index < -0.39 is 0 Å². The van der Waals surface area contributed by atoms with Gasteiger partial charge in [0, 0.05) is 17.8 Å². The predicted octanol–water partition coefficient (Wildman–Crippen LogP) is 0.292. The second-order valence-electron chi connectivity index (χ2n) is 3.65. The lowest BCUT2D eigenvalue weighted by atomic mass is 10.1. The van der Waals surface area contributed by atoms with E-state index in [1.165, 1.54) is 16.8 Å². The van der Waals surface area contributed by atoms with Crippen LogP contribution in [-0.2, 0) is 5.54 Å². The van der Waals surface area contributed by atoms with Gasteiger partial charge in [-0.1, -0.05) is 0 Å². The van der Waals surface area contributed by atoms with Crippen LogP contribution in [0.4, 0.5) is 0 Å². The van der Waals surface area contributed by atoms with Gasteiger partial charge in [-0.2, -0.15) is 0 Å². The molecule has 0 atom stereocenters. The molecule has 0 radical (unpaired) electrons. The number of nitrogens with zero attached hydrogens (tertiary/aromatic N) is 1. The van der Waals surface area contributed by atoms with Gasteiger partial charge in [0.25, 0.3) is 5.56 Å². The molecule has 0 spiro atoms. The molecule has 0 aliphatic carbocycles. The Morgan fingerprint density at radius 1 is 1.33 bits per heavy atom. The molecule has 0 aliphatic rings. The average Bonchev–Trinajstić information content (AvgIpc) is 1.83. The maximum absolute atomic E-state index is 11.2. The zero-order valence-electron chi connectivity index (χ0n) is 7.42. The molecule has 0 bridgehead atoms. The zero-order chi connectivity index (χ0) is 9.35. The van der Waals surface area contributed by atoms with E-state index >= 15 is 0 Å². The Hall–Kier alpha value is -1.32. The molecule has 0 aliphatic heterocycles. The minimum Gasteiger partial charge on any atom is -0.295 e. The smallest absolute Gasteiger partial charge is 0.295 e. The van der Waals surface area contributed by atoms with Crippen molar-refractivity contribution in [2.75, 3.05) is 0 Å². The summed E-state index contributed by atoms with van der Waals surface area (Å²) in [5, 5.41) is 0. The van der Waals surface area contributed by atoms with Crippen LogP contribution in [0.25, 0.3) is 0 Å². The summed E-state index contributed by atoms with van der Waals surface area (Å²) >= 11 is 0. The number of rotatable bonds is 0. The fourth-order valence-corrected chi connectivity index (χ4v) is 0.945. The summed E-state index contributed by atoms with van der Waals surface area (Å²) in [6.07, 6.45) is 1.50. The van der Waals surface area contributed by atoms with Crippen molar-refractivity contribution in [1.82, 2.24) is 9.55 Å². The molecule has 1 heterocycles. The Labute approximate surface area is 69.9 Å². The molecular weight excluding hydrogens is 156 g/mol. The van der Waals surface area contributed by atoms with Gasteiger partial charge in [-0.25, -0.2) is 4.79 Å². The first-order valence-corrected chi connectivity index (χ1v) is 3.74. The molecule has 66 valence electrons. The minimum atomic E-state index is -0.366. The van der Waals surface area contributed by atoms with E-state index in [4.69, 9.17) is 0 Å². The van der Waals surface area contributed by atoms with Crippen molar-refractivity contribution in [2.45, 2.75) is 26.3 Å². The highest BCUT2D eigenvalue weighted by atomic mass is 16.2. The van der Waals surface area contributed by atoms with Gasteiger partial charge in [0.15, 0.2) is 0 Å². The van der Waals surface area contributed by atoms with Crippen molar-refractivity contribution in [3.8, 4) is 0 Å². The first-order valence-electron chi connectivity index (χ1n) is 3.74. The second-order valence-corrected chi connectivity index (χ2v) is 3.65. The normalized spacial score (nSPS) is 11.6. The van der Waals surface area contributed by atoms with Gasteiger partial charge in [0.1, 0.15) is 0 Å². The summed E-state index contributed by atoms with van der Waals surface area (Å²) in [5.74, 6) is 0. The van der Waals surface area contributed by atoms with Crippen LogP contribution in [0, 0.1) is 0 Å². The average molecular weight is 168 g/mol. The molecule has 0 saturated heterocycles. The van der Waals surface area contributed by atoms with Gasteiger partial charge >= 0.3 is 5.69 Å². The van der Waals surface area contributed by atoms with Crippen LogP contribution in [0.3, 0.4) is 0 Å². The molecule has 0 saturated carbocycles. The van der Waals surface area contributed by atoms with Crippen LogP contribution in [-0.4, -0.2) is 9.55 Å². The van der Waals surface area contributed by atoms with Gasteiger partial charge in [-0.15, -0.1) is 0 Å². The zero-order valence-corrected chi connectivity index (χ0v) is 7.42. The number of hydrogen-bond acceptors (Lipinski definition) is 2. The molecular formula is C8H12N2O2. The van der Waals surface area contributed by atoms with E-state index in [9.17, 15) is 9.59 Å². The van der Waals surface area contributed by atoms with Crippen LogP contribution in [0.5, 0.6) is 0 Å². The third-order valence-corrected chi connectivity index (χ3v) is 1.55. The van der Waals surface area contributed by atoms with Crippen molar-refractivity contribution in [1.29, 1.82) is 0 Å². The van der Waals surface area contributed by atoms with E-state index in [0.717, 1.165) is 0 Å². The van der Waals surface area contributed by atoms with E-state index in [1.54, 1.807) is 0 Å². The molecule has 0 amide bonds. The van der Waals surface area contributed by atoms with Crippen LogP contribution in [0.15, 0.2) is 21.9 Å². The lowest BCUT2D eigenvalue weighted by Crippen LogP contribution is -2.37. The van der Waals surface area contributed by atoms with Gasteiger partial charge in [-0.05, 0) is 20.8 Å². The third-order valence-electron chi connectivity index (χ3n) is 1.55. The summed E-state index contributed by atoms with van der Waals surface area (Å²) < 4.78 is 1.48. The lowest BCUT2D eigenvalue weighted by molar-refractivity contribution is 0.376. The third kappa shape index (κ3) is 1.64. The molecule has 0 unspecified atom stereocenters. The molecule has 1 aromatic heterocycles. The van der Waals surface area contributed by atoms with Crippen LogP contribution in [0.2, 0.25) is 0 Å². The summed E-state index contributed by atoms with van der Waals surface area (Å²) in [6, 6.07) is 1.34. The van der Waals surface area contributed by atoms with Crippen molar-refractivity contribution >= 4 is 0 Å². The SMILES string of the molecule is CC(C)(C)n1ccc(=O)[nH]c1=O. The fraction of sp³-hybridized carbons (Fsp3) is 0.500. The summed E-state index contributed by atoms with van der Waals surface area (Å²) in [4.78, 5) is 24.1. The fourth-order valence-electron chi connectivity index (χ4n) is 0.945. The molecule has 4 heteroatoms. The number of H-pyrrole nitrogens is 1. The summed E-state index contributed by atoms with van der Waals surface area (Å²) in [5.41, 5.74) is -1.02. The quantitative estimate of drug-likeness (QED) is 0.605. The highest BCUT2D eigenvalue weighted by Gasteiger charge is 2.13. The first kappa shape index (κ1) is 8.77. The summed E-state index contributed by atoms with van der Waals surface area (Å²) in [7, 11) is 0. The molecule has 1 rings (SSSR count). The van der Waals surface area contributed by atoms with Crippen molar-refractivity contribution in [2.24, 2.45) is 0 Å². The highest BCUT2D eigenvalue weighted by Crippen LogP contribution is 2.07. The highest BCUT2D eigenvalue weighted by molar-refractivity contribution is 4.87. The Bertz CT molecular complexity index is 381. The maximum Gasteiger partial charge on any atom is 0.328 e. The number of nitrogens with one attached hydrogen (secondary N) is 1. The Kier molecular flexibility index (Phi) is 1.92. The Balaban J connectivity index is 3.39. The Morgan fingerprint density at radius 2 is 1.92 bits per heavy atom. The lowest BCUT2D eigenvalue weighted by Gasteiger charge is -2.20. The molecule has 4 nitrogen and oxygen atoms in total. The predicted molar refractivity (Wildman–Crippen MR) is 46.3 cm³/mol. The first-order chi connectivity index (χ1) is 5.41. The second kappa shape index (κ2) is 2.62. The monoisotopic (exact) mass is 168 g/mol. The van der Waals surface area contributed by atoms with Gasteiger partial charge in [0.2, 0.25) is 0 Å². The van der Waals surface area contributed by atoms with Crippen LogP contribution >= 0.6 is 0 Å². The number of hydrogen-bond donors (Lipinski definition) is 1. The van der Waals surface area contributed by atoms with Crippen LogP contribution < -0.4 is 11.2 Å². The van der Waals surface area contributed by atoms with E-state index in [-0.39, 0.29) is 16.8 Å². The largest absolute Gasteiger partial charge is 0.328 e. The molecule has 1 aromatic rings. The number of aromatic amines is 1. The molecule has 12 heavy (non-hydrogen) atoms. The van der Waals surface area contributed by atoms with Gasteiger partial charge in [0.05, 0.1) is 0 Å². The van der Waals surface area contributed by atoms with Gasteiger partial charge < -0.3 is 0 Å². The van der Waals surface area contributed by atoms with E-state index in [2.05, 4.69) is 4.98 Å². The van der Waals surface area contributed by atoms with Crippen molar-refractivity contribution < 1.29 is 0 Å². The van der Waals surface area contributed by atoms with Crippen molar-refractivity contribution in [3.05, 3.63) is 33.1 Å². The Morgan fingerprint density at radius 3 is 2.33 bits per heavy atom. The minimum absolute atomic E-state index is 0.290. The molecule has 0 fully saturated rings. The molecule has 0 aromatic carbocycles.